The van der Waals surface area contributed by atoms with E-state index in [1.54, 1.807) is 18.6 Å². The van der Waals surface area contributed by atoms with E-state index in [1.165, 1.54) is 0 Å². The Hall–Kier alpha value is -3.02. The zero-order valence-electron chi connectivity index (χ0n) is 14.8. The summed E-state index contributed by atoms with van der Waals surface area (Å²) in [5.41, 5.74) is 1.63. The summed E-state index contributed by atoms with van der Waals surface area (Å²) in [6.07, 6.45) is 3.50. The molecule has 3 aromatic rings. The van der Waals surface area contributed by atoms with E-state index in [4.69, 9.17) is 12.2 Å². The number of para-hydroxylation sites is 1. The molecule has 4 rings (SSSR count). The van der Waals surface area contributed by atoms with Crippen LogP contribution in [0.25, 0.3) is 5.69 Å². The number of piperazine rings is 1. The Morgan fingerprint density at radius 2 is 1.81 bits per heavy atom. The standard InChI is InChI=1S/C19H19N7S/c20-13-16-5-4-8-21-18(16)24-11-9-23(10-12-24)15-26-19(27)25(14-22-26)17-6-2-1-3-7-17/h1-8,14H,9-12,15H2. The first-order valence-corrected chi connectivity index (χ1v) is 9.19. The Kier molecular flexibility index (Phi) is 4.96. The minimum atomic E-state index is 0.620. The molecule has 1 aromatic carbocycles. The molecule has 1 fully saturated rings. The summed E-state index contributed by atoms with van der Waals surface area (Å²) in [5, 5.41) is 13.7. The molecule has 0 N–H and O–H groups in total. The third kappa shape index (κ3) is 3.60. The molecular formula is C19H19N7S. The van der Waals surface area contributed by atoms with Gasteiger partial charge in [0.25, 0.3) is 0 Å². The SMILES string of the molecule is N#Cc1cccnc1N1CCN(Cn2ncn(-c3ccccc3)c2=S)CC1. The minimum absolute atomic E-state index is 0.620. The van der Waals surface area contributed by atoms with Gasteiger partial charge in [0, 0.05) is 38.1 Å². The van der Waals surface area contributed by atoms with Crippen molar-refractivity contribution in [1.29, 1.82) is 5.26 Å². The highest BCUT2D eigenvalue weighted by atomic mass is 32.1. The van der Waals surface area contributed by atoms with Gasteiger partial charge in [-0.05, 0) is 36.5 Å². The molecule has 136 valence electrons. The van der Waals surface area contributed by atoms with Crippen LogP contribution in [0.1, 0.15) is 5.56 Å². The molecule has 0 aliphatic carbocycles. The van der Waals surface area contributed by atoms with Crippen LogP contribution in [0.3, 0.4) is 0 Å². The van der Waals surface area contributed by atoms with Gasteiger partial charge in [-0.1, -0.05) is 18.2 Å². The Labute approximate surface area is 162 Å². The minimum Gasteiger partial charge on any atom is -0.353 e. The number of aromatic nitrogens is 4. The van der Waals surface area contributed by atoms with Crippen molar-refractivity contribution in [2.45, 2.75) is 6.67 Å². The van der Waals surface area contributed by atoms with Crippen LogP contribution in [-0.4, -0.2) is 50.4 Å². The van der Waals surface area contributed by atoms with E-state index in [2.05, 4.69) is 26.0 Å². The maximum absolute atomic E-state index is 9.27. The van der Waals surface area contributed by atoms with Gasteiger partial charge in [-0.3, -0.25) is 9.47 Å². The summed E-state index contributed by atoms with van der Waals surface area (Å²) in [6, 6.07) is 15.8. The summed E-state index contributed by atoms with van der Waals surface area (Å²) >= 11 is 5.59. The Bertz CT molecular complexity index is 1010. The number of benzene rings is 1. The lowest BCUT2D eigenvalue weighted by Crippen LogP contribution is -2.47. The second-order valence-corrected chi connectivity index (χ2v) is 6.72. The lowest BCUT2D eigenvalue weighted by Gasteiger charge is -2.35. The van der Waals surface area contributed by atoms with E-state index in [1.807, 2.05) is 45.6 Å². The van der Waals surface area contributed by atoms with E-state index < -0.39 is 0 Å². The first-order chi connectivity index (χ1) is 13.3. The molecule has 3 heterocycles. The monoisotopic (exact) mass is 377 g/mol. The lowest BCUT2D eigenvalue weighted by atomic mass is 10.2. The fourth-order valence-corrected chi connectivity index (χ4v) is 3.48. The van der Waals surface area contributed by atoms with Gasteiger partial charge < -0.3 is 4.90 Å². The van der Waals surface area contributed by atoms with E-state index >= 15 is 0 Å². The van der Waals surface area contributed by atoms with Crippen molar-refractivity contribution in [1.82, 2.24) is 24.2 Å². The van der Waals surface area contributed by atoms with Crippen molar-refractivity contribution in [3.8, 4) is 11.8 Å². The van der Waals surface area contributed by atoms with Crippen LogP contribution in [0.4, 0.5) is 5.82 Å². The van der Waals surface area contributed by atoms with Crippen LogP contribution in [0, 0.1) is 16.1 Å². The molecule has 0 bridgehead atoms. The molecule has 0 spiro atoms. The molecule has 2 aromatic heterocycles. The third-order valence-corrected chi connectivity index (χ3v) is 5.09. The number of rotatable bonds is 4. The van der Waals surface area contributed by atoms with Crippen LogP contribution < -0.4 is 4.90 Å². The molecule has 0 atom stereocenters. The van der Waals surface area contributed by atoms with E-state index in [9.17, 15) is 5.26 Å². The van der Waals surface area contributed by atoms with Crippen molar-refractivity contribution >= 4 is 18.0 Å². The fourth-order valence-electron chi connectivity index (χ4n) is 3.23. The summed E-state index contributed by atoms with van der Waals surface area (Å²) in [7, 11) is 0. The second kappa shape index (κ2) is 7.70. The van der Waals surface area contributed by atoms with Crippen LogP contribution in [0.5, 0.6) is 0 Å². The Balaban J connectivity index is 1.42. The maximum atomic E-state index is 9.27. The van der Waals surface area contributed by atoms with Crippen LogP contribution in [0.15, 0.2) is 55.0 Å². The highest BCUT2D eigenvalue weighted by Gasteiger charge is 2.20. The topological polar surface area (TPSA) is 65.9 Å². The first-order valence-electron chi connectivity index (χ1n) is 8.78. The largest absolute Gasteiger partial charge is 0.353 e. The molecule has 0 saturated carbocycles. The summed E-state index contributed by atoms with van der Waals surface area (Å²) in [5.74, 6) is 0.768. The van der Waals surface area contributed by atoms with Crippen molar-refractivity contribution in [3.63, 3.8) is 0 Å². The van der Waals surface area contributed by atoms with Crippen molar-refractivity contribution in [2.24, 2.45) is 0 Å². The number of hydrogen-bond donors (Lipinski definition) is 0. The van der Waals surface area contributed by atoms with Gasteiger partial charge >= 0.3 is 0 Å². The van der Waals surface area contributed by atoms with E-state index in [0.717, 1.165) is 37.7 Å². The zero-order chi connectivity index (χ0) is 18.6. The Morgan fingerprint density at radius 3 is 2.56 bits per heavy atom. The molecule has 1 aliphatic rings. The van der Waals surface area contributed by atoms with Gasteiger partial charge in [0.1, 0.15) is 18.2 Å². The van der Waals surface area contributed by atoms with Gasteiger partial charge in [0.05, 0.1) is 12.2 Å². The van der Waals surface area contributed by atoms with Crippen LogP contribution >= 0.6 is 12.2 Å². The highest BCUT2D eigenvalue weighted by Crippen LogP contribution is 2.18. The molecule has 0 radical (unpaired) electrons. The average Bonchev–Trinajstić information content (AvgIpc) is 3.09. The number of anilines is 1. The quantitative estimate of drug-likeness (QED) is 0.651. The highest BCUT2D eigenvalue weighted by molar-refractivity contribution is 7.71. The van der Waals surface area contributed by atoms with Crippen molar-refractivity contribution in [2.75, 3.05) is 31.1 Å². The van der Waals surface area contributed by atoms with Crippen molar-refractivity contribution in [3.05, 3.63) is 65.3 Å². The molecule has 0 unspecified atom stereocenters. The molecule has 27 heavy (non-hydrogen) atoms. The predicted molar refractivity (Wildman–Crippen MR) is 105 cm³/mol. The molecule has 1 saturated heterocycles. The van der Waals surface area contributed by atoms with E-state index in [0.29, 0.717) is 17.0 Å². The smallest absolute Gasteiger partial charge is 0.203 e. The Morgan fingerprint density at radius 1 is 1.04 bits per heavy atom. The molecular weight excluding hydrogens is 358 g/mol. The molecule has 8 heteroatoms. The van der Waals surface area contributed by atoms with Gasteiger partial charge in [-0.25, -0.2) is 9.67 Å². The van der Waals surface area contributed by atoms with Crippen LogP contribution in [0.2, 0.25) is 0 Å². The maximum Gasteiger partial charge on any atom is 0.203 e. The summed E-state index contributed by atoms with van der Waals surface area (Å²) in [6.45, 7) is 4.01. The third-order valence-electron chi connectivity index (χ3n) is 4.68. The summed E-state index contributed by atoms with van der Waals surface area (Å²) in [4.78, 5) is 8.85. The normalized spacial score (nSPS) is 14.9. The van der Waals surface area contributed by atoms with Gasteiger partial charge in [0.15, 0.2) is 0 Å². The second-order valence-electron chi connectivity index (χ2n) is 6.35. The number of pyridine rings is 1. The molecule has 0 amide bonds. The van der Waals surface area contributed by atoms with E-state index in [-0.39, 0.29) is 0 Å². The van der Waals surface area contributed by atoms with Gasteiger partial charge in [-0.2, -0.15) is 10.4 Å². The number of nitriles is 1. The molecule has 1 aliphatic heterocycles. The number of hydrogen-bond acceptors (Lipinski definition) is 6. The van der Waals surface area contributed by atoms with Crippen molar-refractivity contribution < 1.29 is 0 Å². The van der Waals surface area contributed by atoms with Crippen LogP contribution in [-0.2, 0) is 6.67 Å². The average molecular weight is 377 g/mol. The first kappa shape index (κ1) is 17.4. The zero-order valence-corrected chi connectivity index (χ0v) is 15.6. The number of nitrogens with zero attached hydrogens (tertiary/aromatic N) is 7. The van der Waals surface area contributed by atoms with Gasteiger partial charge in [0.2, 0.25) is 4.77 Å². The predicted octanol–water partition coefficient (Wildman–Crippen LogP) is 2.45. The fraction of sp³-hybridized carbons (Fsp3) is 0.263. The van der Waals surface area contributed by atoms with Gasteiger partial charge in [-0.15, -0.1) is 0 Å². The lowest BCUT2D eigenvalue weighted by molar-refractivity contribution is 0.194. The summed E-state index contributed by atoms with van der Waals surface area (Å²) < 4.78 is 4.44. The molecule has 7 nitrogen and oxygen atoms in total.